The molecule has 0 bridgehead atoms. The van der Waals surface area contributed by atoms with Gasteiger partial charge in [0.1, 0.15) is 5.82 Å². The van der Waals surface area contributed by atoms with Gasteiger partial charge in [0.2, 0.25) is 5.91 Å². The number of amides is 1. The topological polar surface area (TPSA) is 77.0 Å². The van der Waals surface area contributed by atoms with Crippen molar-refractivity contribution in [1.29, 1.82) is 0 Å². The molecule has 0 fully saturated rings. The molecule has 1 aromatic carbocycles. The largest absolute Gasteiger partial charge is 0.384 e. The van der Waals surface area contributed by atoms with Crippen molar-refractivity contribution in [1.82, 2.24) is 20.3 Å². The number of nitrogens with zero attached hydrogens (tertiary/aromatic N) is 3. The average Bonchev–Trinajstić information content (AvgIpc) is 2.76. The van der Waals surface area contributed by atoms with Crippen LogP contribution in [-0.4, -0.2) is 34.6 Å². The van der Waals surface area contributed by atoms with Gasteiger partial charge in [-0.05, 0) is 23.3 Å². The molecule has 0 radical (unpaired) electrons. The number of carbonyl (C=O) groups excluding carboxylic acids is 1. The van der Waals surface area contributed by atoms with Crippen LogP contribution in [0.5, 0.6) is 0 Å². The summed E-state index contributed by atoms with van der Waals surface area (Å²) in [5, 5.41) is 2.90. The van der Waals surface area contributed by atoms with Gasteiger partial charge >= 0.3 is 0 Å². The van der Waals surface area contributed by atoms with E-state index < -0.39 is 0 Å². The maximum atomic E-state index is 11.8. The molecule has 0 aliphatic carbocycles. The highest BCUT2D eigenvalue weighted by molar-refractivity contribution is 5.80. The molecule has 0 aliphatic rings. The summed E-state index contributed by atoms with van der Waals surface area (Å²) in [7, 11) is 1.59. The van der Waals surface area contributed by atoms with E-state index in [0.29, 0.717) is 19.6 Å². The molecule has 0 spiro atoms. The number of hydrogen-bond acceptors (Lipinski definition) is 5. The molecule has 1 amide bonds. The molecule has 6 heteroatoms. The van der Waals surface area contributed by atoms with Crippen LogP contribution in [0.15, 0.2) is 55.0 Å². The number of nitrogens with one attached hydrogen (secondary N) is 1. The minimum Gasteiger partial charge on any atom is -0.384 e. The Balaban J connectivity index is 1.85. The summed E-state index contributed by atoms with van der Waals surface area (Å²) < 4.78 is 4.93. The van der Waals surface area contributed by atoms with Crippen LogP contribution < -0.4 is 5.32 Å². The number of hydrogen-bond donors (Lipinski definition) is 1. The van der Waals surface area contributed by atoms with Crippen molar-refractivity contribution < 1.29 is 9.53 Å². The molecule has 29 heavy (non-hydrogen) atoms. The quantitative estimate of drug-likeness (QED) is 0.629. The zero-order chi connectivity index (χ0) is 20.6. The van der Waals surface area contributed by atoms with Gasteiger partial charge in [-0.1, -0.05) is 38.1 Å². The predicted octanol–water partition coefficient (Wildman–Crippen LogP) is 3.98. The monoisotopic (exact) mass is 390 g/mol. The molecule has 1 N–H and O–H groups in total. The van der Waals surface area contributed by atoms with E-state index in [2.05, 4.69) is 29.1 Å². The van der Waals surface area contributed by atoms with Crippen molar-refractivity contribution >= 4 is 5.91 Å². The molecule has 6 nitrogen and oxygen atoms in total. The van der Waals surface area contributed by atoms with Crippen molar-refractivity contribution in [3.8, 4) is 22.4 Å². The second-order valence-corrected chi connectivity index (χ2v) is 7.10. The summed E-state index contributed by atoms with van der Waals surface area (Å²) in [5.74, 6) is 1.03. The predicted molar refractivity (Wildman–Crippen MR) is 113 cm³/mol. The first-order valence-corrected chi connectivity index (χ1v) is 9.70. The highest BCUT2D eigenvalue weighted by Crippen LogP contribution is 2.31. The van der Waals surface area contributed by atoms with Crippen LogP contribution in [0, 0.1) is 0 Å². The Hall–Kier alpha value is -3.12. The molecule has 0 aliphatic heterocycles. The van der Waals surface area contributed by atoms with Gasteiger partial charge in [0.15, 0.2) is 0 Å². The summed E-state index contributed by atoms with van der Waals surface area (Å²) in [6.45, 7) is 5.08. The minimum absolute atomic E-state index is 0.0201. The number of ether oxygens (including phenoxy) is 1. The maximum Gasteiger partial charge on any atom is 0.222 e. The highest BCUT2D eigenvalue weighted by Gasteiger charge is 2.13. The molecule has 2 heterocycles. The molecular formula is C23H26N4O2. The zero-order valence-electron chi connectivity index (χ0n) is 17.1. The van der Waals surface area contributed by atoms with E-state index >= 15 is 0 Å². The Morgan fingerprint density at radius 3 is 2.45 bits per heavy atom. The maximum absolute atomic E-state index is 11.8. The lowest BCUT2D eigenvalue weighted by molar-refractivity contribution is -0.122. The smallest absolute Gasteiger partial charge is 0.222 e. The average molecular weight is 390 g/mol. The van der Waals surface area contributed by atoms with Crippen LogP contribution in [0.4, 0.5) is 0 Å². The summed E-state index contributed by atoms with van der Waals surface area (Å²) in [4.78, 5) is 25.2. The summed E-state index contributed by atoms with van der Waals surface area (Å²) in [6, 6.07) is 12.0. The number of benzene rings is 1. The van der Waals surface area contributed by atoms with Gasteiger partial charge in [-0.2, -0.15) is 0 Å². The van der Waals surface area contributed by atoms with E-state index in [4.69, 9.17) is 9.72 Å². The summed E-state index contributed by atoms with van der Waals surface area (Å²) in [6.07, 6.45) is 5.79. The second kappa shape index (κ2) is 9.89. The zero-order valence-corrected chi connectivity index (χ0v) is 17.1. The van der Waals surface area contributed by atoms with E-state index in [0.717, 1.165) is 33.8 Å². The fraction of sp³-hybridized carbons (Fsp3) is 0.304. The molecule has 3 rings (SSSR count). The Morgan fingerprint density at radius 1 is 1.07 bits per heavy atom. The van der Waals surface area contributed by atoms with Crippen LogP contribution in [-0.2, 0) is 16.1 Å². The van der Waals surface area contributed by atoms with Crippen molar-refractivity contribution in [2.24, 2.45) is 0 Å². The third kappa shape index (κ3) is 5.45. The Kier molecular flexibility index (Phi) is 7.03. The standard InChI is InChI=1S/C23H26N4O2/c1-16(2)23-26-15-20(18-8-11-24-12-9-18)22(27-23)19-6-4-17(5-7-19)14-25-21(28)10-13-29-3/h4-9,11-12,15-16H,10,13-14H2,1-3H3,(H,25,28). The first-order valence-electron chi connectivity index (χ1n) is 9.70. The Morgan fingerprint density at radius 2 is 1.79 bits per heavy atom. The molecule has 0 unspecified atom stereocenters. The normalized spacial score (nSPS) is 10.9. The van der Waals surface area contributed by atoms with Gasteiger partial charge in [0, 0.05) is 55.7 Å². The number of methoxy groups -OCH3 is 1. The van der Waals surface area contributed by atoms with Crippen LogP contribution in [0.1, 0.15) is 37.6 Å². The molecule has 0 saturated heterocycles. The lowest BCUT2D eigenvalue weighted by atomic mass is 10.00. The number of rotatable bonds is 8. The Labute approximate surface area is 171 Å². The third-order valence-corrected chi connectivity index (χ3v) is 4.57. The van der Waals surface area contributed by atoms with Gasteiger partial charge in [-0.15, -0.1) is 0 Å². The number of carbonyl (C=O) groups is 1. The highest BCUT2D eigenvalue weighted by atomic mass is 16.5. The van der Waals surface area contributed by atoms with E-state index in [1.807, 2.05) is 42.6 Å². The van der Waals surface area contributed by atoms with Crippen molar-refractivity contribution in [2.45, 2.75) is 32.7 Å². The minimum atomic E-state index is -0.0201. The molecule has 0 saturated carbocycles. The fourth-order valence-corrected chi connectivity index (χ4v) is 2.90. The van der Waals surface area contributed by atoms with Gasteiger partial charge in [-0.25, -0.2) is 9.97 Å². The number of pyridine rings is 1. The molecule has 2 aromatic heterocycles. The van der Waals surface area contributed by atoms with E-state index in [-0.39, 0.29) is 11.8 Å². The van der Waals surface area contributed by atoms with Crippen molar-refractivity contribution in [3.05, 3.63) is 66.4 Å². The lowest BCUT2D eigenvalue weighted by Gasteiger charge is -2.13. The van der Waals surface area contributed by atoms with Crippen LogP contribution >= 0.6 is 0 Å². The third-order valence-electron chi connectivity index (χ3n) is 4.57. The van der Waals surface area contributed by atoms with Crippen molar-refractivity contribution in [3.63, 3.8) is 0 Å². The molecule has 0 atom stereocenters. The fourth-order valence-electron chi connectivity index (χ4n) is 2.90. The van der Waals surface area contributed by atoms with Crippen molar-refractivity contribution in [2.75, 3.05) is 13.7 Å². The van der Waals surface area contributed by atoms with Gasteiger partial charge in [-0.3, -0.25) is 9.78 Å². The first-order chi connectivity index (χ1) is 14.1. The first kappa shape index (κ1) is 20.6. The van der Waals surface area contributed by atoms with E-state index in [9.17, 15) is 4.79 Å². The van der Waals surface area contributed by atoms with Gasteiger partial charge < -0.3 is 10.1 Å². The summed E-state index contributed by atoms with van der Waals surface area (Å²) in [5.41, 5.74) is 4.93. The van der Waals surface area contributed by atoms with Gasteiger partial charge in [0.05, 0.1) is 12.3 Å². The number of aromatic nitrogens is 3. The molecular weight excluding hydrogens is 364 g/mol. The SMILES string of the molecule is COCCC(=O)NCc1ccc(-c2nc(C(C)C)ncc2-c2ccncc2)cc1. The van der Waals surface area contributed by atoms with Crippen LogP contribution in [0.25, 0.3) is 22.4 Å². The van der Waals surface area contributed by atoms with E-state index in [1.54, 1.807) is 19.5 Å². The lowest BCUT2D eigenvalue weighted by Crippen LogP contribution is -2.23. The van der Waals surface area contributed by atoms with Gasteiger partial charge in [0.25, 0.3) is 0 Å². The van der Waals surface area contributed by atoms with Crippen LogP contribution in [0.3, 0.4) is 0 Å². The Bertz CT molecular complexity index is 941. The second-order valence-electron chi connectivity index (χ2n) is 7.10. The molecule has 3 aromatic rings. The molecule has 150 valence electrons. The summed E-state index contributed by atoms with van der Waals surface area (Å²) >= 11 is 0. The van der Waals surface area contributed by atoms with Crippen LogP contribution in [0.2, 0.25) is 0 Å². The van der Waals surface area contributed by atoms with E-state index in [1.165, 1.54) is 0 Å².